The minimum Gasteiger partial charge on any atom is -0.481 e. The maximum Gasteiger partial charge on any atom is 0.310 e. The van der Waals surface area contributed by atoms with Gasteiger partial charge in [-0.1, -0.05) is 36.4 Å². The van der Waals surface area contributed by atoms with Crippen LogP contribution in [0.3, 0.4) is 0 Å². The molecule has 0 aliphatic heterocycles. The number of carboxylic acids is 1. The Morgan fingerprint density at radius 3 is 2.58 bits per heavy atom. The monoisotopic (exact) mass is 258 g/mol. The summed E-state index contributed by atoms with van der Waals surface area (Å²) in [6.07, 6.45) is 0. The van der Waals surface area contributed by atoms with Gasteiger partial charge in [-0.2, -0.15) is 0 Å². The molecule has 2 aromatic carbocycles. The van der Waals surface area contributed by atoms with Crippen molar-refractivity contribution in [1.82, 2.24) is 0 Å². The van der Waals surface area contributed by atoms with Gasteiger partial charge in [0.2, 0.25) is 0 Å². The number of benzene rings is 2. The van der Waals surface area contributed by atoms with Crippen LogP contribution in [0.2, 0.25) is 0 Å². The van der Waals surface area contributed by atoms with Crippen LogP contribution in [-0.2, 0) is 4.79 Å². The van der Waals surface area contributed by atoms with Crippen LogP contribution in [0.5, 0.6) is 0 Å². The minimum atomic E-state index is -0.887. The molecule has 2 nitrogen and oxygen atoms in total. The lowest BCUT2D eigenvalue weighted by Crippen LogP contribution is -2.07. The first-order valence-electron chi connectivity index (χ1n) is 6.08. The van der Waals surface area contributed by atoms with E-state index in [2.05, 4.69) is 0 Å². The highest BCUT2D eigenvalue weighted by atomic mass is 19.1. The van der Waals surface area contributed by atoms with E-state index in [-0.39, 0.29) is 5.82 Å². The van der Waals surface area contributed by atoms with Gasteiger partial charge in [0.15, 0.2) is 0 Å². The summed E-state index contributed by atoms with van der Waals surface area (Å²) >= 11 is 0. The van der Waals surface area contributed by atoms with Crippen molar-refractivity contribution in [2.75, 3.05) is 0 Å². The Kier molecular flexibility index (Phi) is 3.65. The van der Waals surface area contributed by atoms with Crippen molar-refractivity contribution in [3.8, 4) is 11.1 Å². The zero-order chi connectivity index (χ0) is 14.0. The van der Waals surface area contributed by atoms with Gasteiger partial charge in [0, 0.05) is 5.56 Å². The number of carbonyl (C=O) groups is 1. The maximum absolute atomic E-state index is 13.9. The topological polar surface area (TPSA) is 37.3 Å². The average molecular weight is 258 g/mol. The molecule has 0 aliphatic carbocycles. The molecule has 1 N–H and O–H groups in total. The second-order valence-corrected chi connectivity index (χ2v) is 4.67. The highest BCUT2D eigenvalue weighted by Gasteiger charge is 2.14. The zero-order valence-electron chi connectivity index (χ0n) is 10.9. The Bertz CT molecular complexity index is 620. The van der Waals surface area contributed by atoms with E-state index in [9.17, 15) is 9.18 Å². The Balaban J connectivity index is 2.46. The van der Waals surface area contributed by atoms with Crippen LogP contribution >= 0.6 is 0 Å². The molecule has 1 atom stereocenters. The van der Waals surface area contributed by atoms with Crippen LogP contribution in [0.1, 0.15) is 24.0 Å². The van der Waals surface area contributed by atoms with Crippen molar-refractivity contribution >= 4 is 5.97 Å². The molecule has 1 unspecified atom stereocenters. The summed E-state index contributed by atoms with van der Waals surface area (Å²) in [6.45, 7) is 3.45. The molecule has 0 radical (unpaired) electrons. The largest absolute Gasteiger partial charge is 0.481 e. The van der Waals surface area contributed by atoms with E-state index >= 15 is 0 Å². The summed E-state index contributed by atoms with van der Waals surface area (Å²) in [4.78, 5) is 11.0. The van der Waals surface area contributed by atoms with E-state index in [0.717, 1.165) is 5.56 Å². The quantitative estimate of drug-likeness (QED) is 0.903. The number of halogens is 1. The molecule has 19 heavy (non-hydrogen) atoms. The van der Waals surface area contributed by atoms with Gasteiger partial charge in [0.05, 0.1) is 5.92 Å². The van der Waals surface area contributed by atoms with Crippen LogP contribution in [0.15, 0.2) is 42.5 Å². The van der Waals surface area contributed by atoms with Gasteiger partial charge in [-0.25, -0.2) is 4.39 Å². The highest BCUT2D eigenvalue weighted by Crippen LogP contribution is 2.27. The predicted molar refractivity (Wildman–Crippen MR) is 72.6 cm³/mol. The third kappa shape index (κ3) is 2.81. The number of aliphatic carboxylic acids is 1. The normalized spacial score (nSPS) is 12.2. The zero-order valence-corrected chi connectivity index (χ0v) is 10.9. The van der Waals surface area contributed by atoms with Crippen molar-refractivity contribution in [3.05, 3.63) is 59.4 Å². The van der Waals surface area contributed by atoms with Crippen molar-refractivity contribution in [3.63, 3.8) is 0 Å². The number of aryl methyl sites for hydroxylation is 1. The van der Waals surface area contributed by atoms with Gasteiger partial charge in [-0.05, 0) is 36.6 Å². The van der Waals surface area contributed by atoms with Gasteiger partial charge in [-0.3, -0.25) is 4.79 Å². The smallest absolute Gasteiger partial charge is 0.310 e. The van der Waals surface area contributed by atoms with Gasteiger partial charge < -0.3 is 5.11 Å². The summed E-state index contributed by atoms with van der Waals surface area (Å²) in [7, 11) is 0. The third-order valence-electron chi connectivity index (χ3n) is 3.19. The van der Waals surface area contributed by atoms with Crippen LogP contribution in [0.4, 0.5) is 4.39 Å². The standard InChI is InChI=1S/C16H15FO2/c1-10-6-7-14(15(17)8-10)13-5-3-4-12(9-13)11(2)16(18)19/h3-9,11H,1-2H3,(H,18,19). The summed E-state index contributed by atoms with van der Waals surface area (Å²) in [5.41, 5.74) is 2.72. The molecular formula is C16H15FO2. The van der Waals surface area contributed by atoms with Gasteiger partial charge in [0.1, 0.15) is 5.82 Å². The van der Waals surface area contributed by atoms with E-state index in [1.807, 2.05) is 13.0 Å². The van der Waals surface area contributed by atoms with Gasteiger partial charge >= 0.3 is 5.97 Å². The van der Waals surface area contributed by atoms with Gasteiger partial charge in [0.25, 0.3) is 0 Å². The van der Waals surface area contributed by atoms with Crippen molar-refractivity contribution in [2.24, 2.45) is 0 Å². The Hall–Kier alpha value is -2.16. The molecule has 0 aromatic heterocycles. The molecule has 2 rings (SSSR count). The SMILES string of the molecule is Cc1ccc(-c2cccc(C(C)C(=O)O)c2)c(F)c1. The van der Waals surface area contributed by atoms with E-state index in [1.165, 1.54) is 6.07 Å². The van der Waals surface area contributed by atoms with E-state index < -0.39 is 11.9 Å². The third-order valence-corrected chi connectivity index (χ3v) is 3.19. The summed E-state index contributed by atoms with van der Waals surface area (Å²) in [5.74, 6) is -1.78. The molecular weight excluding hydrogens is 243 g/mol. The molecule has 0 saturated heterocycles. The molecule has 0 bridgehead atoms. The molecule has 0 aliphatic rings. The molecule has 0 fully saturated rings. The molecule has 2 aromatic rings. The molecule has 3 heteroatoms. The summed E-state index contributed by atoms with van der Waals surface area (Å²) in [6, 6.07) is 12.0. The molecule has 0 spiro atoms. The van der Waals surface area contributed by atoms with E-state index in [0.29, 0.717) is 16.7 Å². The van der Waals surface area contributed by atoms with Crippen LogP contribution in [-0.4, -0.2) is 11.1 Å². The fourth-order valence-corrected chi connectivity index (χ4v) is 1.97. The average Bonchev–Trinajstić information content (AvgIpc) is 2.38. The predicted octanol–water partition coefficient (Wildman–Crippen LogP) is 3.99. The fraction of sp³-hybridized carbons (Fsp3) is 0.188. The van der Waals surface area contributed by atoms with Crippen LogP contribution < -0.4 is 0 Å². The lowest BCUT2D eigenvalue weighted by Gasteiger charge is -2.10. The maximum atomic E-state index is 13.9. The van der Waals surface area contributed by atoms with Crippen molar-refractivity contribution in [1.29, 1.82) is 0 Å². The first-order valence-corrected chi connectivity index (χ1v) is 6.08. The summed E-state index contributed by atoms with van der Waals surface area (Å²) in [5, 5.41) is 9.01. The fourth-order valence-electron chi connectivity index (χ4n) is 1.97. The molecule has 0 heterocycles. The number of rotatable bonds is 3. The van der Waals surface area contributed by atoms with Crippen molar-refractivity contribution in [2.45, 2.75) is 19.8 Å². The van der Waals surface area contributed by atoms with Crippen molar-refractivity contribution < 1.29 is 14.3 Å². The van der Waals surface area contributed by atoms with E-state index in [1.54, 1.807) is 37.3 Å². The lowest BCUT2D eigenvalue weighted by atomic mass is 9.96. The first kappa shape index (κ1) is 13.3. The second kappa shape index (κ2) is 5.22. The van der Waals surface area contributed by atoms with Crippen LogP contribution in [0, 0.1) is 12.7 Å². The van der Waals surface area contributed by atoms with Crippen LogP contribution in [0.25, 0.3) is 11.1 Å². The Morgan fingerprint density at radius 2 is 1.95 bits per heavy atom. The number of carboxylic acid groups (broad SMARTS) is 1. The molecule has 0 saturated carbocycles. The molecule has 0 amide bonds. The summed E-state index contributed by atoms with van der Waals surface area (Å²) < 4.78 is 13.9. The van der Waals surface area contributed by atoms with E-state index in [4.69, 9.17) is 5.11 Å². The first-order chi connectivity index (χ1) is 8.99. The Morgan fingerprint density at radius 1 is 1.21 bits per heavy atom. The molecule has 98 valence electrons. The van der Waals surface area contributed by atoms with Gasteiger partial charge in [-0.15, -0.1) is 0 Å². The lowest BCUT2D eigenvalue weighted by molar-refractivity contribution is -0.138. The number of hydrogen-bond acceptors (Lipinski definition) is 1. The Labute approximate surface area is 111 Å². The second-order valence-electron chi connectivity index (χ2n) is 4.67. The highest BCUT2D eigenvalue weighted by molar-refractivity contribution is 5.76. The minimum absolute atomic E-state index is 0.292. The number of hydrogen-bond donors (Lipinski definition) is 1.